The maximum atomic E-state index is 13.1. The number of benzene rings is 2. The predicted molar refractivity (Wildman–Crippen MR) is 106 cm³/mol. The third-order valence-electron chi connectivity index (χ3n) is 4.97. The average Bonchev–Trinajstić information content (AvgIpc) is 3.49. The van der Waals surface area contributed by atoms with Crippen LogP contribution in [0, 0.1) is 5.92 Å². The number of ketones is 1. The van der Waals surface area contributed by atoms with Gasteiger partial charge in [0.25, 0.3) is 0 Å². The number of likely N-dealkylation sites (tertiary alicyclic amines) is 1. The second-order valence-corrected chi connectivity index (χ2v) is 7.33. The van der Waals surface area contributed by atoms with Crippen molar-refractivity contribution in [2.75, 3.05) is 13.1 Å². The van der Waals surface area contributed by atoms with Gasteiger partial charge in [0.2, 0.25) is 5.91 Å². The van der Waals surface area contributed by atoms with Crippen LogP contribution in [0.2, 0.25) is 0 Å². The zero-order valence-electron chi connectivity index (χ0n) is 15.3. The van der Waals surface area contributed by atoms with E-state index in [-0.39, 0.29) is 42.2 Å². The van der Waals surface area contributed by atoms with Crippen molar-refractivity contribution in [2.24, 2.45) is 5.92 Å². The van der Waals surface area contributed by atoms with Gasteiger partial charge in [-0.2, -0.15) is 0 Å². The Morgan fingerprint density at radius 3 is 1.82 bits per heavy atom. The second-order valence-electron chi connectivity index (χ2n) is 7.33. The Bertz CT molecular complexity index is 934. The van der Waals surface area contributed by atoms with Crippen LogP contribution in [-0.2, 0) is 9.59 Å². The molecule has 1 amide bonds. The lowest BCUT2D eigenvalue weighted by Gasteiger charge is -2.30. The third-order valence-corrected chi connectivity index (χ3v) is 4.97. The van der Waals surface area contributed by atoms with Gasteiger partial charge in [-0.25, -0.2) is 0 Å². The maximum absolute atomic E-state index is 13.1. The van der Waals surface area contributed by atoms with Gasteiger partial charge in [-0.05, 0) is 60.4 Å². The van der Waals surface area contributed by atoms with Crippen LogP contribution in [0.15, 0.2) is 59.7 Å². The number of nitrogens with zero attached hydrogens (tertiary/aromatic N) is 1. The minimum Gasteiger partial charge on any atom is -0.508 e. The number of rotatable bonds is 3. The van der Waals surface area contributed by atoms with Crippen LogP contribution >= 0.6 is 0 Å². The van der Waals surface area contributed by atoms with E-state index < -0.39 is 0 Å². The van der Waals surface area contributed by atoms with Crippen molar-refractivity contribution in [1.82, 2.24) is 4.90 Å². The lowest BCUT2D eigenvalue weighted by Crippen LogP contribution is -2.42. The second kappa shape index (κ2) is 7.35. The van der Waals surface area contributed by atoms with E-state index in [0.29, 0.717) is 22.3 Å². The highest BCUT2D eigenvalue weighted by atomic mass is 16.3. The van der Waals surface area contributed by atoms with Gasteiger partial charge in [-0.3, -0.25) is 9.59 Å². The highest BCUT2D eigenvalue weighted by molar-refractivity contribution is 6.15. The van der Waals surface area contributed by atoms with Crippen LogP contribution in [0.5, 0.6) is 11.5 Å². The van der Waals surface area contributed by atoms with Gasteiger partial charge in [-0.1, -0.05) is 24.3 Å². The number of aromatic hydroxyl groups is 2. The highest BCUT2D eigenvalue weighted by Crippen LogP contribution is 2.33. The highest BCUT2D eigenvalue weighted by Gasteiger charge is 2.37. The fourth-order valence-corrected chi connectivity index (χ4v) is 3.42. The number of hydrogen-bond acceptors (Lipinski definition) is 4. The number of Topliss-reactive ketones (excluding diaryl/α,β-unsaturated/α-hetero) is 1. The average molecular weight is 375 g/mol. The number of carbonyl (C=O) groups is 2. The molecule has 1 saturated heterocycles. The van der Waals surface area contributed by atoms with Gasteiger partial charge in [0, 0.05) is 30.2 Å². The molecule has 28 heavy (non-hydrogen) atoms. The minimum atomic E-state index is -0.119. The molecule has 2 aromatic carbocycles. The van der Waals surface area contributed by atoms with Crippen LogP contribution in [0.1, 0.15) is 24.0 Å². The quantitative estimate of drug-likeness (QED) is 0.806. The van der Waals surface area contributed by atoms with Crippen molar-refractivity contribution in [1.29, 1.82) is 0 Å². The van der Waals surface area contributed by atoms with Gasteiger partial charge in [-0.15, -0.1) is 0 Å². The van der Waals surface area contributed by atoms with E-state index in [1.165, 1.54) is 0 Å². The molecule has 4 rings (SSSR count). The summed E-state index contributed by atoms with van der Waals surface area (Å²) in [6.45, 7) is 0.530. The first-order valence-corrected chi connectivity index (χ1v) is 9.32. The molecule has 0 radical (unpaired) electrons. The zero-order chi connectivity index (χ0) is 19.7. The summed E-state index contributed by atoms with van der Waals surface area (Å²) < 4.78 is 0. The summed E-state index contributed by atoms with van der Waals surface area (Å²) in [6, 6.07) is 13.3. The Hall–Kier alpha value is -3.34. The first-order chi connectivity index (χ1) is 13.5. The van der Waals surface area contributed by atoms with Crippen molar-refractivity contribution < 1.29 is 19.8 Å². The first-order valence-electron chi connectivity index (χ1n) is 9.32. The maximum Gasteiger partial charge on any atom is 0.226 e. The number of hydrogen-bond donors (Lipinski definition) is 2. The Morgan fingerprint density at radius 2 is 1.39 bits per heavy atom. The molecule has 0 bridgehead atoms. The number of piperidine rings is 1. The van der Waals surface area contributed by atoms with Crippen molar-refractivity contribution in [3.05, 3.63) is 70.8 Å². The van der Waals surface area contributed by atoms with Crippen LogP contribution in [0.25, 0.3) is 12.2 Å². The molecule has 142 valence electrons. The normalized spacial score (nSPS) is 20.0. The van der Waals surface area contributed by atoms with E-state index in [1.54, 1.807) is 65.6 Å². The monoisotopic (exact) mass is 375 g/mol. The van der Waals surface area contributed by atoms with Crippen molar-refractivity contribution >= 4 is 23.8 Å². The predicted octanol–water partition coefficient (Wildman–Crippen LogP) is 3.39. The van der Waals surface area contributed by atoms with Gasteiger partial charge in [0.05, 0.1) is 0 Å². The SMILES string of the molecule is O=C1C(=Cc2cccc(O)c2)CN(C(=O)C2CC2)CC1=Cc1cccc(O)c1. The van der Waals surface area contributed by atoms with Crippen LogP contribution in [0.4, 0.5) is 0 Å². The van der Waals surface area contributed by atoms with Gasteiger partial charge < -0.3 is 15.1 Å². The fourth-order valence-electron chi connectivity index (χ4n) is 3.42. The molecule has 1 saturated carbocycles. The molecule has 1 aliphatic heterocycles. The largest absolute Gasteiger partial charge is 0.508 e. The summed E-state index contributed by atoms with van der Waals surface area (Å²) in [4.78, 5) is 27.4. The van der Waals surface area contributed by atoms with Gasteiger partial charge >= 0.3 is 0 Å². The summed E-state index contributed by atoms with van der Waals surface area (Å²) in [6.07, 6.45) is 5.26. The van der Waals surface area contributed by atoms with Crippen molar-refractivity contribution in [3.8, 4) is 11.5 Å². The number of phenolic OH excluding ortho intramolecular Hbond substituents is 2. The lowest BCUT2D eigenvalue weighted by molar-refractivity contribution is -0.132. The molecule has 5 nitrogen and oxygen atoms in total. The molecule has 0 aromatic heterocycles. The summed E-state index contributed by atoms with van der Waals surface area (Å²) in [5.41, 5.74) is 2.44. The molecule has 2 N–H and O–H groups in total. The fraction of sp³-hybridized carbons (Fsp3) is 0.217. The molecular formula is C23H21NO4. The topological polar surface area (TPSA) is 77.8 Å². The standard InChI is InChI=1S/C23H21NO4/c25-20-5-1-3-15(11-20)9-18-13-24(23(28)17-7-8-17)14-19(22(18)27)10-16-4-2-6-21(26)12-16/h1-6,9-12,17,25-26H,7-8,13-14H2. The van der Waals surface area contributed by atoms with E-state index in [0.717, 1.165) is 12.8 Å². The van der Waals surface area contributed by atoms with Crippen molar-refractivity contribution in [3.63, 3.8) is 0 Å². The molecular weight excluding hydrogens is 354 g/mol. The molecule has 0 atom stereocenters. The van der Waals surface area contributed by atoms with E-state index in [9.17, 15) is 19.8 Å². The van der Waals surface area contributed by atoms with Gasteiger partial charge in [0.1, 0.15) is 11.5 Å². The molecule has 1 aliphatic carbocycles. The zero-order valence-corrected chi connectivity index (χ0v) is 15.3. The number of carbonyl (C=O) groups excluding carboxylic acids is 2. The Balaban J connectivity index is 1.71. The number of phenols is 2. The van der Waals surface area contributed by atoms with E-state index in [4.69, 9.17) is 0 Å². The molecule has 0 spiro atoms. The van der Waals surface area contributed by atoms with Crippen LogP contribution in [0.3, 0.4) is 0 Å². The molecule has 2 fully saturated rings. The molecule has 2 aromatic rings. The molecule has 2 aliphatic rings. The van der Waals surface area contributed by atoms with E-state index in [1.807, 2.05) is 0 Å². The first kappa shape index (κ1) is 18.0. The van der Waals surface area contributed by atoms with Crippen molar-refractivity contribution in [2.45, 2.75) is 12.8 Å². The molecule has 0 unspecified atom stereocenters. The smallest absolute Gasteiger partial charge is 0.226 e. The van der Waals surface area contributed by atoms with Crippen LogP contribution < -0.4 is 0 Å². The van der Waals surface area contributed by atoms with Crippen LogP contribution in [-0.4, -0.2) is 39.9 Å². The molecule has 1 heterocycles. The Labute approximate surface area is 163 Å². The van der Waals surface area contributed by atoms with E-state index in [2.05, 4.69) is 0 Å². The molecule has 5 heteroatoms. The third kappa shape index (κ3) is 3.98. The Morgan fingerprint density at radius 1 is 0.893 bits per heavy atom. The summed E-state index contributed by atoms with van der Waals surface area (Å²) in [5, 5.41) is 19.4. The minimum absolute atomic E-state index is 0.0669. The van der Waals surface area contributed by atoms with Gasteiger partial charge in [0.15, 0.2) is 5.78 Å². The summed E-state index contributed by atoms with van der Waals surface area (Å²) in [5.74, 6) is 0.276. The lowest BCUT2D eigenvalue weighted by atomic mass is 9.94. The Kier molecular flexibility index (Phi) is 4.74. The van der Waals surface area contributed by atoms with E-state index >= 15 is 0 Å². The number of amides is 1. The summed E-state index contributed by atoms with van der Waals surface area (Å²) >= 11 is 0. The summed E-state index contributed by atoms with van der Waals surface area (Å²) in [7, 11) is 0.